The van der Waals surface area contributed by atoms with Crippen LogP contribution in [0, 0.1) is 5.92 Å². The average Bonchev–Trinajstić information content (AvgIpc) is 2.59. The van der Waals surface area contributed by atoms with Gasteiger partial charge in [0.05, 0.1) is 4.75 Å². The smallest absolute Gasteiger partial charge is 0.341 e. The van der Waals surface area contributed by atoms with Crippen molar-refractivity contribution in [3.8, 4) is 5.75 Å². The number of ether oxygens (including phenoxy) is 1. The number of nitrogens with one attached hydrogen (secondary N) is 2. The van der Waals surface area contributed by atoms with Crippen LogP contribution in [0.2, 0.25) is 0 Å². The maximum Gasteiger partial charge on any atom is 0.341 e. The summed E-state index contributed by atoms with van der Waals surface area (Å²) in [6.07, 6.45) is 2.40. The van der Waals surface area contributed by atoms with Crippen molar-refractivity contribution >= 4 is 27.6 Å². The summed E-state index contributed by atoms with van der Waals surface area (Å²) < 4.78 is 31.5. The fraction of sp³-hybridized carbons (Fsp3) is 0.579. The van der Waals surface area contributed by atoms with Gasteiger partial charge in [0.2, 0.25) is 15.9 Å². The number of anilines is 1. The molecule has 9 heteroatoms. The van der Waals surface area contributed by atoms with Gasteiger partial charge >= 0.3 is 5.97 Å². The third kappa shape index (κ3) is 6.20. The van der Waals surface area contributed by atoms with Gasteiger partial charge in [0.25, 0.3) is 0 Å². The van der Waals surface area contributed by atoms with E-state index >= 15 is 0 Å². The van der Waals surface area contributed by atoms with E-state index in [1.54, 1.807) is 45.0 Å². The van der Waals surface area contributed by atoms with Crippen LogP contribution in [0.5, 0.6) is 5.75 Å². The van der Waals surface area contributed by atoms with Gasteiger partial charge in [0, 0.05) is 23.7 Å². The van der Waals surface area contributed by atoms with Gasteiger partial charge in [-0.05, 0) is 58.6 Å². The van der Waals surface area contributed by atoms with E-state index in [9.17, 15) is 18.0 Å². The Morgan fingerprint density at radius 1 is 1.18 bits per heavy atom. The van der Waals surface area contributed by atoms with E-state index in [2.05, 4.69) is 10.0 Å². The summed E-state index contributed by atoms with van der Waals surface area (Å²) in [4.78, 5) is 23.1. The number of rotatable bonds is 7. The quantitative estimate of drug-likeness (QED) is 0.632. The summed E-state index contributed by atoms with van der Waals surface area (Å²) >= 11 is 0. The largest absolute Gasteiger partial charge is 0.482 e. The summed E-state index contributed by atoms with van der Waals surface area (Å²) in [5.74, 6) is -1.04. The molecule has 0 spiro atoms. The second kappa shape index (κ2) is 8.91. The lowest BCUT2D eigenvalue weighted by molar-refractivity contribution is -0.139. The molecule has 28 heavy (non-hydrogen) atoms. The number of sulfonamides is 1. The Hall–Kier alpha value is -2.13. The molecule has 2 rings (SSSR count). The van der Waals surface area contributed by atoms with Crippen LogP contribution in [0.15, 0.2) is 24.3 Å². The predicted octanol–water partition coefficient (Wildman–Crippen LogP) is 2.37. The minimum absolute atomic E-state index is 0.132. The van der Waals surface area contributed by atoms with E-state index in [1.165, 1.54) is 0 Å². The topological polar surface area (TPSA) is 122 Å². The molecule has 8 nitrogen and oxygen atoms in total. The van der Waals surface area contributed by atoms with Crippen molar-refractivity contribution in [1.82, 2.24) is 4.72 Å². The number of hydrogen-bond donors (Lipinski definition) is 3. The lowest BCUT2D eigenvalue weighted by Crippen LogP contribution is -2.46. The van der Waals surface area contributed by atoms with Crippen LogP contribution in [0.25, 0.3) is 0 Å². The minimum Gasteiger partial charge on any atom is -0.482 e. The van der Waals surface area contributed by atoms with Crippen LogP contribution in [0.4, 0.5) is 5.69 Å². The summed E-state index contributed by atoms with van der Waals surface area (Å²) in [6, 6.07) is 6.41. The Morgan fingerprint density at radius 2 is 1.82 bits per heavy atom. The Balaban J connectivity index is 1.87. The first-order chi connectivity index (χ1) is 13.0. The Morgan fingerprint density at radius 3 is 2.39 bits per heavy atom. The van der Waals surface area contributed by atoms with E-state index in [4.69, 9.17) is 9.84 Å². The normalized spacial score (nSPS) is 20.4. The first-order valence-corrected chi connectivity index (χ1v) is 10.7. The number of benzene rings is 1. The third-order valence-electron chi connectivity index (χ3n) is 4.69. The van der Waals surface area contributed by atoms with Crippen LogP contribution < -0.4 is 14.8 Å². The SMILES string of the molecule is CC(C)(C)S(=O)(=O)N[C@H]1CC[C@H](C(=O)Nc2cccc(OCC(=O)O)c2)CC1. The first kappa shape index (κ1) is 22.2. The fourth-order valence-corrected chi connectivity index (χ4v) is 3.95. The zero-order valence-electron chi connectivity index (χ0n) is 16.4. The molecule has 0 unspecified atom stereocenters. The van der Waals surface area contributed by atoms with Gasteiger partial charge in [-0.2, -0.15) is 0 Å². The average molecular weight is 413 g/mol. The molecule has 1 saturated carbocycles. The summed E-state index contributed by atoms with van der Waals surface area (Å²) in [6.45, 7) is 4.51. The first-order valence-electron chi connectivity index (χ1n) is 9.25. The van der Waals surface area contributed by atoms with E-state index in [0.717, 1.165) is 0 Å². The molecular formula is C19H28N2O6S. The third-order valence-corrected chi connectivity index (χ3v) is 6.95. The number of carbonyl (C=O) groups excluding carboxylic acids is 1. The monoisotopic (exact) mass is 412 g/mol. The molecule has 0 saturated heterocycles. The second-order valence-electron chi connectivity index (χ2n) is 7.98. The molecule has 1 aromatic carbocycles. The van der Waals surface area contributed by atoms with Crippen LogP contribution in [0.1, 0.15) is 46.5 Å². The van der Waals surface area contributed by atoms with Crippen molar-refractivity contribution in [2.75, 3.05) is 11.9 Å². The molecular weight excluding hydrogens is 384 g/mol. The number of amides is 1. The van der Waals surface area contributed by atoms with Gasteiger partial charge in [-0.15, -0.1) is 0 Å². The highest BCUT2D eigenvalue weighted by Crippen LogP contribution is 2.28. The highest BCUT2D eigenvalue weighted by molar-refractivity contribution is 7.90. The number of aliphatic carboxylic acids is 1. The lowest BCUT2D eigenvalue weighted by Gasteiger charge is -2.30. The fourth-order valence-electron chi connectivity index (χ4n) is 2.92. The maximum absolute atomic E-state index is 12.5. The van der Waals surface area contributed by atoms with E-state index < -0.39 is 27.3 Å². The molecule has 156 valence electrons. The highest BCUT2D eigenvalue weighted by Gasteiger charge is 2.34. The molecule has 0 heterocycles. The molecule has 0 atom stereocenters. The molecule has 0 bridgehead atoms. The predicted molar refractivity (Wildman–Crippen MR) is 106 cm³/mol. The Bertz CT molecular complexity index is 808. The van der Waals surface area contributed by atoms with Crippen LogP contribution >= 0.6 is 0 Å². The van der Waals surface area contributed by atoms with Crippen molar-refractivity contribution in [3.63, 3.8) is 0 Å². The zero-order chi connectivity index (χ0) is 20.9. The molecule has 1 aromatic rings. The molecule has 3 N–H and O–H groups in total. The Labute approximate surface area is 165 Å². The van der Waals surface area contributed by atoms with E-state index in [-0.39, 0.29) is 17.9 Å². The lowest BCUT2D eigenvalue weighted by atomic mass is 9.86. The van der Waals surface area contributed by atoms with Crippen molar-refractivity contribution in [2.45, 2.75) is 57.2 Å². The number of carboxylic acid groups (broad SMARTS) is 1. The van der Waals surface area contributed by atoms with Crippen molar-refractivity contribution in [1.29, 1.82) is 0 Å². The summed E-state index contributed by atoms with van der Waals surface area (Å²) in [5, 5.41) is 11.5. The highest BCUT2D eigenvalue weighted by atomic mass is 32.2. The Kier molecular flexibility index (Phi) is 7.06. The molecule has 1 fully saturated rings. The van der Waals surface area contributed by atoms with Gasteiger partial charge < -0.3 is 15.2 Å². The zero-order valence-corrected chi connectivity index (χ0v) is 17.2. The summed E-state index contributed by atoms with van der Waals surface area (Å²) in [7, 11) is -3.41. The number of carboxylic acids is 1. The molecule has 0 aromatic heterocycles. The molecule has 1 aliphatic carbocycles. The molecule has 0 aliphatic heterocycles. The van der Waals surface area contributed by atoms with Crippen LogP contribution in [0.3, 0.4) is 0 Å². The van der Waals surface area contributed by atoms with Crippen molar-refractivity contribution in [3.05, 3.63) is 24.3 Å². The van der Waals surface area contributed by atoms with Crippen LogP contribution in [-0.2, 0) is 19.6 Å². The maximum atomic E-state index is 12.5. The molecule has 1 amide bonds. The van der Waals surface area contributed by atoms with Gasteiger partial charge in [0.1, 0.15) is 5.75 Å². The number of carbonyl (C=O) groups is 2. The van der Waals surface area contributed by atoms with E-state index in [0.29, 0.717) is 37.1 Å². The van der Waals surface area contributed by atoms with Gasteiger partial charge in [0.15, 0.2) is 6.61 Å². The van der Waals surface area contributed by atoms with Gasteiger partial charge in [-0.3, -0.25) is 4.79 Å². The van der Waals surface area contributed by atoms with Gasteiger partial charge in [-0.25, -0.2) is 17.9 Å². The minimum atomic E-state index is -3.41. The van der Waals surface area contributed by atoms with Crippen molar-refractivity contribution in [2.24, 2.45) is 5.92 Å². The van der Waals surface area contributed by atoms with Crippen molar-refractivity contribution < 1.29 is 27.9 Å². The summed E-state index contributed by atoms with van der Waals surface area (Å²) in [5.41, 5.74) is 0.531. The second-order valence-corrected chi connectivity index (χ2v) is 10.4. The molecule has 1 aliphatic rings. The van der Waals surface area contributed by atoms with Crippen LogP contribution in [-0.4, -0.2) is 42.8 Å². The standard InChI is InChI=1S/C19H28N2O6S/c1-19(2,3)28(25,26)21-14-9-7-13(8-10-14)18(24)20-15-5-4-6-16(11-15)27-12-17(22)23/h4-6,11,13-14,21H,7-10,12H2,1-3H3,(H,20,24)(H,22,23)/t13-,14-. The number of hydrogen-bond acceptors (Lipinski definition) is 5. The molecule has 0 radical (unpaired) electrons. The van der Waals surface area contributed by atoms with Gasteiger partial charge in [-0.1, -0.05) is 6.07 Å². The van der Waals surface area contributed by atoms with E-state index in [1.807, 2.05) is 0 Å².